The lowest BCUT2D eigenvalue weighted by atomic mass is 10.1. The molecule has 0 aliphatic heterocycles. The van der Waals surface area contributed by atoms with Gasteiger partial charge in [0.2, 0.25) is 0 Å². The van der Waals surface area contributed by atoms with Crippen LogP contribution in [0.1, 0.15) is 18.5 Å². The summed E-state index contributed by atoms with van der Waals surface area (Å²) in [6.45, 7) is 2.11. The number of hydrogen-bond donors (Lipinski definition) is 1. The highest BCUT2D eigenvalue weighted by atomic mass is 35.5. The minimum atomic E-state index is 0.167. The van der Waals surface area contributed by atoms with Gasteiger partial charge >= 0.3 is 0 Å². The molecule has 102 valence electrons. The molecule has 3 aromatic rings. The van der Waals surface area contributed by atoms with Gasteiger partial charge in [-0.2, -0.15) is 0 Å². The molecule has 0 radical (unpaired) electrons. The fraction of sp³-hybridized carbons (Fsp3) is 0.125. The van der Waals surface area contributed by atoms with Gasteiger partial charge in [0, 0.05) is 16.4 Å². The molecule has 1 unspecified atom stereocenters. The van der Waals surface area contributed by atoms with Gasteiger partial charge in [0.1, 0.15) is 0 Å². The lowest BCUT2D eigenvalue weighted by Gasteiger charge is -2.16. The van der Waals surface area contributed by atoms with Gasteiger partial charge < -0.3 is 5.32 Å². The molecule has 0 aliphatic carbocycles. The third kappa shape index (κ3) is 2.78. The van der Waals surface area contributed by atoms with Crippen LogP contribution in [-0.2, 0) is 0 Å². The van der Waals surface area contributed by atoms with Gasteiger partial charge in [0.15, 0.2) is 0 Å². The zero-order valence-corrected chi connectivity index (χ0v) is 13.2. The molecular formula is C16H13Cl2NS. The summed E-state index contributed by atoms with van der Waals surface area (Å²) < 4.78 is 1.30. The van der Waals surface area contributed by atoms with E-state index in [4.69, 9.17) is 23.2 Å². The molecule has 4 heteroatoms. The van der Waals surface area contributed by atoms with Gasteiger partial charge in [0.05, 0.1) is 10.0 Å². The maximum Gasteiger partial charge on any atom is 0.0595 e. The van der Waals surface area contributed by atoms with Gasteiger partial charge in [-0.1, -0.05) is 29.3 Å². The topological polar surface area (TPSA) is 12.0 Å². The Labute approximate surface area is 132 Å². The van der Waals surface area contributed by atoms with E-state index in [1.165, 1.54) is 10.1 Å². The van der Waals surface area contributed by atoms with Crippen molar-refractivity contribution in [2.75, 3.05) is 5.32 Å². The molecule has 0 spiro atoms. The summed E-state index contributed by atoms with van der Waals surface area (Å²) in [5.41, 5.74) is 2.22. The summed E-state index contributed by atoms with van der Waals surface area (Å²) >= 11 is 13.8. The first-order valence-corrected chi connectivity index (χ1v) is 7.96. The maximum atomic E-state index is 6.07. The normalized spacial score (nSPS) is 12.6. The summed E-state index contributed by atoms with van der Waals surface area (Å²) in [7, 11) is 0. The first-order valence-electron chi connectivity index (χ1n) is 6.32. The summed E-state index contributed by atoms with van der Waals surface area (Å²) in [5.74, 6) is 0. The third-order valence-electron chi connectivity index (χ3n) is 3.28. The van der Waals surface area contributed by atoms with Crippen molar-refractivity contribution < 1.29 is 0 Å². The fourth-order valence-electron chi connectivity index (χ4n) is 2.17. The lowest BCUT2D eigenvalue weighted by molar-refractivity contribution is 0.885. The van der Waals surface area contributed by atoms with Gasteiger partial charge in [-0.3, -0.25) is 0 Å². The zero-order chi connectivity index (χ0) is 14.1. The van der Waals surface area contributed by atoms with E-state index in [1.807, 2.05) is 18.2 Å². The Bertz CT molecular complexity index is 751. The van der Waals surface area contributed by atoms with Gasteiger partial charge in [-0.05, 0) is 59.7 Å². The van der Waals surface area contributed by atoms with E-state index in [1.54, 1.807) is 11.3 Å². The summed E-state index contributed by atoms with van der Waals surface area (Å²) in [4.78, 5) is 0. The molecule has 0 saturated heterocycles. The molecule has 3 rings (SSSR count). The molecule has 0 fully saturated rings. The number of nitrogens with one attached hydrogen (secondary N) is 1. The van der Waals surface area contributed by atoms with Gasteiger partial charge in [-0.25, -0.2) is 0 Å². The van der Waals surface area contributed by atoms with Crippen molar-refractivity contribution in [2.45, 2.75) is 13.0 Å². The summed E-state index contributed by atoms with van der Waals surface area (Å²) in [5, 5.41) is 8.04. The summed E-state index contributed by atoms with van der Waals surface area (Å²) in [6, 6.07) is 14.4. The Morgan fingerprint density at radius 2 is 1.85 bits per heavy atom. The molecule has 1 heterocycles. The van der Waals surface area contributed by atoms with E-state index in [0.717, 1.165) is 11.3 Å². The van der Waals surface area contributed by atoms with Crippen molar-refractivity contribution in [3.05, 3.63) is 63.5 Å². The molecule has 0 aliphatic rings. The van der Waals surface area contributed by atoms with Crippen LogP contribution in [0.5, 0.6) is 0 Å². The average Bonchev–Trinajstić information content (AvgIpc) is 2.89. The minimum absolute atomic E-state index is 0.167. The van der Waals surface area contributed by atoms with Crippen LogP contribution in [0.25, 0.3) is 10.1 Å². The van der Waals surface area contributed by atoms with Crippen LogP contribution < -0.4 is 5.32 Å². The van der Waals surface area contributed by atoms with E-state index in [0.29, 0.717) is 10.0 Å². The van der Waals surface area contributed by atoms with Crippen LogP contribution in [0.15, 0.2) is 47.8 Å². The molecule has 20 heavy (non-hydrogen) atoms. The summed E-state index contributed by atoms with van der Waals surface area (Å²) in [6.07, 6.45) is 0. The fourth-order valence-corrected chi connectivity index (χ4v) is 3.25. The number of anilines is 1. The number of fused-ring (bicyclic) bond motifs is 1. The van der Waals surface area contributed by atoms with E-state index in [9.17, 15) is 0 Å². The number of benzene rings is 2. The average molecular weight is 322 g/mol. The van der Waals surface area contributed by atoms with Crippen LogP contribution in [0.3, 0.4) is 0 Å². The van der Waals surface area contributed by atoms with Gasteiger partial charge in [0.25, 0.3) is 0 Å². The highest BCUT2D eigenvalue weighted by Crippen LogP contribution is 2.29. The second-order valence-electron chi connectivity index (χ2n) is 4.71. The maximum absolute atomic E-state index is 6.07. The highest BCUT2D eigenvalue weighted by Gasteiger charge is 2.08. The quantitative estimate of drug-likeness (QED) is 0.590. The predicted molar refractivity (Wildman–Crippen MR) is 90.3 cm³/mol. The predicted octanol–water partition coefficient (Wildman–Crippen LogP) is 6.38. The molecule has 0 saturated carbocycles. The number of halogens is 2. The van der Waals surface area contributed by atoms with Crippen LogP contribution in [0, 0.1) is 0 Å². The van der Waals surface area contributed by atoms with Crippen LogP contribution in [0.4, 0.5) is 5.69 Å². The molecule has 1 atom stereocenters. The number of hydrogen-bond acceptors (Lipinski definition) is 2. The second kappa shape index (κ2) is 5.65. The molecule has 1 aromatic heterocycles. The van der Waals surface area contributed by atoms with Gasteiger partial charge in [-0.15, -0.1) is 11.3 Å². The third-order valence-corrected chi connectivity index (χ3v) is 4.92. The van der Waals surface area contributed by atoms with Crippen molar-refractivity contribution in [3.8, 4) is 0 Å². The van der Waals surface area contributed by atoms with E-state index >= 15 is 0 Å². The highest BCUT2D eigenvalue weighted by molar-refractivity contribution is 7.17. The minimum Gasteiger partial charge on any atom is -0.379 e. The molecule has 1 nitrogen and oxygen atoms in total. The van der Waals surface area contributed by atoms with Crippen molar-refractivity contribution in [3.63, 3.8) is 0 Å². The SMILES string of the molecule is CC(Nc1ccc2sccc2c1)c1ccc(Cl)c(Cl)c1. The number of rotatable bonds is 3. The van der Waals surface area contributed by atoms with Crippen molar-refractivity contribution in [1.29, 1.82) is 0 Å². The Morgan fingerprint density at radius 1 is 1.00 bits per heavy atom. The Hall–Kier alpha value is -1.22. The van der Waals surface area contributed by atoms with Crippen LogP contribution in [-0.4, -0.2) is 0 Å². The first-order chi connectivity index (χ1) is 9.63. The Kier molecular flexibility index (Phi) is 3.88. The van der Waals surface area contributed by atoms with E-state index in [2.05, 4.69) is 41.9 Å². The Morgan fingerprint density at radius 3 is 2.65 bits per heavy atom. The monoisotopic (exact) mass is 321 g/mol. The second-order valence-corrected chi connectivity index (χ2v) is 6.47. The molecule has 2 aromatic carbocycles. The molecule has 0 bridgehead atoms. The molecule has 1 N–H and O–H groups in total. The molecular weight excluding hydrogens is 309 g/mol. The standard InChI is InChI=1S/C16H13Cl2NS/c1-10(11-2-4-14(17)15(18)9-11)19-13-3-5-16-12(8-13)6-7-20-16/h2-10,19H,1H3. The lowest BCUT2D eigenvalue weighted by Crippen LogP contribution is -2.06. The first kappa shape index (κ1) is 13.7. The molecule has 0 amide bonds. The van der Waals surface area contributed by atoms with E-state index in [-0.39, 0.29) is 6.04 Å². The van der Waals surface area contributed by atoms with Crippen molar-refractivity contribution in [1.82, 2.24) is 0 Å². The number of thiophene rings is 1. The van der Waals surface area contributed by atoms with Crippen molar-refractivity contribution >= 4 is 50.3 Å². The van der Waals surface area contributed by atoms with E-state index < -0.39 is 0 Å². The largest absolute Gasteiger partial charge is 0.379 e. The van der Waals surface area contributed by atoms with Crippen LogP contribution in [0.2, 0.25) is 10.0 Å². The Balaban J connectivity index is 1.83. The smallest absolute Gasteiger partial charge is 0.0595 e. The zero-order valence-electron chi connectivity index (χ0n) is 10.9. The van der Waals surface area contributed by atoms with Crippen molar-refractivity contribution in [2.24, 2.45) is 0 Å². The van der Waals surface area contributed by atoms with Crippen LogP contribution >= 0.6 is 34.5 Å².